The predicted molar refractivity (Wildman–Crippen MR) is 75.9 cm³/mol. The van der Waals surface area contributed by atoms with Crippen LogP contribution < -0.4 is 5.56 Å². The van der Waals surface area contributed by atoms with E-state index in [2.05, 4.69) is 28.9 Å². The van der Waals surface area contributed by atoms with Gasteiger partial charge < -0.3 is 0 Å². The third-order valence-electron chi connectivity index (χ3n) is 2.38. The van der Waals surface area contributed by atoms with Crippen molar-refractivity contribution in [2.75, 3.05) is 0 Å². The van der Waals surface area contributed by atoms with E-state index < -0.39 is 0 Å². The fourth-order valence-electron chi connectivity index (χ4n) is 1.46. The monoisotopic (exact) mass is 296 g/mol. The molecule has 0 aliphatic heterocycles. The Bertz CT molecular complexity index is 518. The van der Waals surface area contributed by atoms with E-state index >= 15 is 0 Å². The van der Waals surface area contributed by atoms with Crippen molar-refractivity contribution in [1.29, 1.82) is 0 Å². The standard InChI is InChI=1S/C13H17BrN2O/c1-4-7-11(5-2)8-6-9-16-13(17)12(14)10-15(16)3/h4,6-10H,5H2,1-3H3/b7-4-,9-6+,11-8-. The van der Waals surface area contributed by atoms with Gasteiger partial charge in [-0.05, 0) is 40.9 Å². The fraction of sp³-hybridized carbons (Fsp3) is 0.308. The summed E-state index contributed by atoms with van der Waals surface area (Å²) in [6.45, 7) is 4.09. The lowest BCUT2D eigenvalue weighted by molar-refractivity contribution is 0.673. The first-order valence-corrected chi connectivity index (χ1v) is 6.33. The van der Waals surface area contributed by atoms with Crippen molar-refractivity contribution in [3.63, 3.8) is 0 Å². The highest BCUT2D eigenvalue weighted by molar-refractivity contribution is 9.10. The first-order chi connectivity index (χ1) is 8.10. The molecule has 0 unspecified atom stereocenters. The van der Waals surface area contributed by atoms with Crippen LogP contribution in [0.3, 0.4) is 0 Å². The summed E-state index contributed by atoms with van der Waals surface area (Å²) in [5.41, 5.74) is 1.17. The van der Waals surface area contributed by atoms with Gasteiger partial charge in [0.05, 0.1) is 0 Å². The van der Waals surface area contributed by atoms with Crippen molar-refractivity contribution < 1.29 is 0 Å². The Hall–Kier alpha value is -1.29. The molecule has 0 N–H and O–H groups in total. The topological polar surface area (TPSA) is 26.9 Å². The molecular weight excluding hydrogens is 280 g/mol. The first-order valence-electron chi connectivity index (χ1n) is 5.53. The quantitative estimate of drug-likeness (QED) is 0.783. The van der Waals surface area contributed by atoms with Crippen LogP contribution in [0, 0.1) is 0 Å². The van der Waals surface area contributed by atoms with E-state index in [9.17, 15) is 4.79 Å². The molecule has 0 aliphatic rings. The number of allylic oxidation sites excluding steroid dienone is 5. The third-order valence-corrected chi connectivity index (χ3v) is 2.92. The minimum absolute atomic E-state index is 0.0544. The van der Waals surface area contributed by atoms with Gasteiger partial charge in [-0.25, -0.2) is 4.68 Å². The number of nitrogens with zero attached hydrogens (tertiary/aromatic N) is 2. The minimum atomic E-state index is -0.0544. The van der Waals surface area contributed by atoms with E-state index in [4.69, 9.17) is 0 Å². The van der Waals surface area contributed by atoms with E-state index in [1.54, 1.807) is 21.8 Å². The van der Waals surface area contributed by atoms with Crippen molar-refractivity contribution in [3.05, 3.63) is 50.9 Å². The van der Waals surface area contributed by atoms with Gasteiger partial charge in [0.25, 0.3) is 5.56 Å². The number of hydrogen-bond acceptors (Lipinski definition) is 1. The maximum absolute atomic E-state index is 11.7. The Kier molecular flexibility index (Phi) is 5.22. The molecule has 0 atom stereocenters. The lowest BCUT2D eigenvalue weighted by atomic mass is 10.2. The van der Waals surface area contributed by atoms with Crippen LogP contribution in [0.4, 0.5) is 0 Å². The van der Waals surface area contributed by atoms with Crippen molar-refractivity contribution in [1.82, 2.24) is 9.36 Å². The average Bonchev–Trinajstić information content (AvgIpc) is 2.54. The minimum Gasteiger partial charge on any atom is -0.288 e. The molecule has 0 aliphatic carbocycles. The molecule has 0 radical (unpaired) electrons. The highest BCUT2D eigenvalue weighted by Crippen LogP contribution is 2.04. The summed E-state index contributed by atoms with van der Waals surface area (Å²) < 4.78 is 3.85. The zero-order valence-electron chi connectivity index (χ0n) is 10.4. The number of aryl methyl sites for hydroxylation is 1. The van der Waals surface area contributed by atoms with Crippen molar-refractivity contribution in [2.45, 2.75) is 20.3 Å². The molecule has 1 heterocycles. The van der Waals surface area contributed by atoms with Gasteiger partial charge in [-0.1, -0.05) is 25.2 Å². The summed E-state index contributed by atoms with van der Waals surface area (Å²) in [5.74, 6) is 0. The van der Waals surface area contributed by atoms with Crippen LogP contribution in [0.15, 0.2) is 45.3 Å². The smallest absolute Gasteiger partial charge is 0.285 e. The molecule has 1 aromatic rings. The van der Waals surface area contributed by atoms with Crippen LogP contribution in [-0.4, -0.2) is 9.36 Å². The predicted octanol–water partition coefficient (Wildman–Crippen LogP) is 3.33. The Morgan fingerprint density at radius 3 is 2.71 bits per heavy atom. The number of halogens is 1. The first kappa shape index (κ1) is 13.8. The highest BCUT2D eigenvalue weighted by Gasteiger charge is 2.02. The van der Waals surface area contributed by atoms with Crippen LogP contribution in [-0.2, 0) is 7.05 Å². The summed E-state index contributed by atoms with van der Waals surface area (Å²) in [5, 5.41) is 0. The van der Waals surface area contributed by atoms with Crippen LogP contribution in [0.2, 0.25) is 0 Å². The Balaban J connectivity index is 2.95. The molecule has 3 nitrogen and oxygen atoms in total. The van der Waals surface area contributed by atoms with Gasteiger partial charge in [0.2, 0.25) is 0 Å². The lowest BCUT2D eigenvalue weighted by Gasteiger charge is -1.98. The van der Waals surface area contributed by atoms with E-state index in [1.165, 1.54) is 5.57 Å². The molecule has 0 saturated carbocycles. The van der Waals surface area contributed by atoms with E-state index in [-0.39, 0.29) is 5.56 Å². The normalized spacial score (nSPS) is 13.1. The second-order valence-electron chi connectivity index (χ2n) is 3.64. The van der Waals surface area contributed by atoms with E-state index in [0.29, 0.717) is 4.47 Å². The van der Waals surface area contributed by atoms with E-state index in [0.717, 1.165) is 6.42 Å². The van der Waals surface area contributed by atoms with E-state index in [1.807, 2.05) is 32.2 Å². The Morgan fingerprint density at radius 2 is 2.24 bits per heavy atom. The summed E-state index contributed by atoms with van der Waals surface area (Å²) in [7, 11) is 1.83. The second kappa shape index (κ2) is 6.45. The van der Waals surface area contributed by atoms with Crippen molar-refractivity contribution in [2.24, 2.45) is 7.05 Å². The molecule has 0 aromatic carbocycles. The zero-order valence-corrected chi connectivity index (χ0v) is 11.9. The number of aromatic nitrogens is 2. The van der Waals surface area contributed by atoms with Gasteiger partial charge in [-0.15, -0.1) is 0 Å². The molecule has 17 heavy (non-hydrogen) atoms. The largest absolute Gasteiger partial charge is 0.288 e. The zero-order chi connectivity index (χ0) is 12.8. The number of rotatable bonds is 4. The fourth-order valence-corrected chi connectivity index (χ4v) is 1.94. The molecule has 0 bridgehead atoms. The summed E-state index contributed by atoms with van der Waals surface area (Å²) in [6.07, 6.45) is 12.4. The van der Waals surface area contributed by atoms with Crippen LogP contribution in [0.1, 0.15) is 20.3 Å². The van der Waals surface area contributed by atoms with Gasteiger partial charge in [0, 0.05) is 19.4 Å². The Labute approximate surface area is 110 Å². The molecule has 0 fully saturated rings. The van der Waals surface area contributed by atoms with Crippen LogP contribution in [0.25, 0.3) is 6.20 Å². The third kappa shape index (κ3) is 3.60. The maximum atomic E-state index is 11.7. The van der Waals surface area contributed by atoms with Crippen molar-refractivity contribution >= 4 is 22.1 Å². The van der Waals surface area contributed by atoms with Crippen LogP contribution >= 0.6 is 15.9 Å². The van der Waals surface area contributed by atoms with Gasteiger partial charge in [-0.2, -0.15) is 0 Å². The van der Waals surface area contributed by atoms with Gasteiger partial charge >= 0.3 is 0 Å². The molecule has 4 heteroatoms. The van der Waals surface area contributed by atoms with Gasteiger partial charge in [0.1, 0.15) is 4.47 Å². The molecular formula is C13H17BrN2O. The molecule has 1 aromatic heterocycles. The molecule has 0 spiro atoms. The van der Waals surface area contributed by atoms with Crippen molar-refractivity contribution in [3.8, 4) is 0 Å². The molecule has 0 saturated heterocycles. The SMILES string of the molecule is C\C=C/C(=C\C=C\n1c(=O)c(Br)cn1C)CC. The summed E-state index contributed by atoms with van der Waals surface area (Å²) in [6, 6.07) is 0. The average molecular weight is 297 g/mol. The Morgan fingerprint density at radius 1 is 1.53 bits per heavy atom. The molecule has 92 valence electrons. The summed E-state index contributed by atoms with van der Waals surface area (Å²) in [4.78, 5) is 11.7. The molecule has 1 rings (SSSR count). The number of hydrogen-bond donors (Lipinski definition) is 0. The summed E-state index contributed by atoms with van der Waals surface area (Å²) >= 11 is 3.21. The maximum Gasteiger partial charge on any atom is 0.285 e. The second-order valence-corrected chi connectivity index (χ2v) is 4.49. The molecule has 0 amide bonds. The lowest BCUT2D eigenvalue weighted by Crippen LogP contribution is -2.15. The van der Waals surface area contributed by atoms with Gasteiger partial charge in [0.15, 0.2) is 0 Å². The van der Waals surface area contributed by atoms with Crippen LogP contribution in [0.5, 0.6) is 0 Å². The van der Waals surface area contributed by atoms with Gasteiger partial charge in [-0.3, -0.25) is 9.48 Å². The highest BCUT2D eigenvalue weighted by atomic mass is 79.9.